The average molecular weight is 502 g/mol. The van der Waals surface area contributed by atoms with Gasteiger partial charge in [0.2, 0.25) is 0 Å². The molecule has 0 saturated heterocycles. The lowest BCUT2D eigenvalue weighted by Gasteiger charge is -2.35. The van der Waals surface area contributed by atoms with Crippen molar-refractivity contribution in [3.63, 3.8) is 0 Å². The number of carbonyl (C=O) groups is 2. The minimum absolute atomic E-state index is 0.0942. The Morgan fingerprint density at radius 1 is 1.22 bits per heavy atom. The van der Waals surface area contributed by atoms with Gasteiger partial charge in [-0.05, 0) is 51.8 Å². The molecule has 1 aliphatic heterocycles. The molecule has 1 aromatic heterocycles. The molecule has 36 heavy (non-hydrogen) atoms. The Morgan fingerprint density at radius 3 is 2.61 bits per heavy atom. The van der Waals surface area contributed by atoms with Crippen LogP contribution in [-0.2, 0) is 4.74 Å². The second kappa shape index (κ2) is 12.2. The van der Waals surface area contributed by atoms with Crippen LogP contribution in [0.25, 0.3) is 0 Å². The van der Waals surface area contributed by atoms with Crippen LogP contribution in [0.1, 0.15) is 49.0 Å². The lowest BCUT2D eigenvalue weighted by Crippen LogP contribution is -2.46. The van der Waals surface area contributed by atoms with Gasteiger partial charge in [0.05, 0.1) is 11.7 Å². The van der Waals surface area contributed by atoms with E-state index >= 15 is 0 Å². The molecule has 3 amide bonds. The third-order valence-corrected chi connectivity index (χ3v) is 6.62. The molecule has 0 saturated carbocycles. The van der Waals surface area contributed by atoms with Gasteiger partial charge in [0.1, 0.15) is 23.7 Å². The van der Waals surface area contributed by atoms with Crippen molar-refractivity contribution >= 4 is 23.3 Å². The molecular weight excluding hydrogens is 462 g/mol. The quantitative estimate of drug-likeness (QED) is 0.633. The molecule has 3 rings (SSSR count). The maximum Gasteiger partial charge on any atom is 0.323 e. The van der Waals surface area contributed by atoms with Crippen molar-refractivity contribution in [1.29, 1.82) is 0 Å². The highest BCUT2D eigenvalue weighted by molar-refractivity contribution is 6.02. The zero-order chi connectivity index (χ0) is 26.4. The van der Waals surface area contributed by atoms with E-state index in [2.05, 4.69) is 41.5 Å². The second-order valence-electron chi connectivity index (χ2n) is 9.58. The fourth-order valence-corrected chi connectivity index (χ4v) is 4.46. The van der Waals surface area contributed by atoms with Gasteiger partial charge >= 0.3 is 6.03 Å². The van der Waals surface area contributed by atoms with Gasteiger partial charge in [0, 0.05) is 45.0 Å². The Hall–Kier alpha value is -3.11. The molecule has 2 aromatic rings. The van der Waals surface area contributed by atoms with E-state index in [4.69, 9.17) is 14.0 Å². The number of hydrogen-bond acceptors (Lipinski definition) is 7. The van der Waals surface area contributed by atoms with Crippen molar-refractivity contribution in [2.75, 3.05) is 51.0 Å². The van der Waals surface area contributed by atoms with Gasteiger partial charge in [-0.2, -0.15) is 0 Å². The first-order chi connectivity index (χ1) is 17.1. The zero-order valence-electron chi connectivity index (χ0n) is 22.4. The zero-order valence-corrected chi connectivity index (χ0v) is 22.4. The van der Waals surface area contributed by atoms with Gasteiger partial charge in [0.25, 0.3) is 5.91 Å². The fourth-order valence-electron chi connectivity index (χ4n) is 4.46. The number of likely N-dealkylation sites (N-methyl/N-ethyl adjacent to an activating group) is 1. The van der Waals surface area contributed by atoms with Gasteiger partial charge in [-0.15, -0.1) is 0 Å². The Morgan fingerprint density at radius 2 is 1.97 bits per heavy atom. The van der Waals surface area contributed by atoms with Gasteiger partial charge in [0.15, 0.2) is 5.76 Å². The number of benzene rings is 1. The standard InChI is InChI=1S/C26H39N5O5/c1-8-11-31-13-16(2)23(34-7)14-30(6)25(32)21-10-9-20(12-22(21)35-15-17(31)3)27-26(33)28-24-18(4)29-36-19(24)5/h9-10,12,16-17,23H,8,11,13-15H2,1-7H3,(H2,27,28,33)/t16-,17-,23+/m0/s1. The normalized spacial score (nSPS) is 21.7. The van der Waals surface area contributed by atoms with Gasteiger partial charge in [-0.3, -0.25) is 9.69 Å². The van der Waals surface area contributed by atoms with Crippen LogP contribution in [0.5, 0.6) is 5.75 Å². The molecule has 2 heterocycles. The van der Waals surface area contributed by atoms with E-state index in [0.717, 1.165) is 19.5 Å². The summed E-state index contributed by atoms with van der Waals surface area (Å²) in [7, 11) is 3.47. The van der Waals surface area contributed by atoms with Crippen molar-refractivity contribution in [3.05, 3.63) is 35.2 Å². The predicted octanol–water partition coefficient (Wildman–Crippen LogP) is 4.15. The Balaban J connectivity index is 1.87. The highest BCUT2D eigenvalue weighted by atomic mass is 16.5. The summed E-state index contributed by atoms with van der Waals surface area (Å²) in [5, 5.41) is 9.41. The molecule has 10 heteroatoms. The molecule has 10 nitrogen and oxygen atoms in total. The highest BCUT2D eigenvalue weighted by Gasteiger charge is 2.28. The first-order valence-corrected chi connectivity index (χ1v) is 12.4. The number of nitrogens with one attached hydrogen (secondary N) is 2. The van der Waals surface area contributed by atoms with Gasteiger partial charge < -0.3 is 29.5 Å². The van der Waals surface area contributed by atoms with Crippen LogP contribution in [0, 0.1) is 19.8 Å². The third-order valence-electron chi connectivity index (χ3n) is 6.62. The monoisotopic (exact) mass is 501 g/mol. The number of nitrogens with zero attached hydrogens (tertiary/aromatic N) is 3. The van der Waals surface area contributed by atoms with Gasteiger partial charge in [-0.25, -0.2) is 4.79 Å². The van der Waals surface area contributed by atoms with E-state index < -0.39 is 6.03 Å². The summed E-state index contributed by atoms with van der Waals surface area (Å²) >= 11 is 0. The molecule has 0 fully saturated rings. The molecule has 3 atom stereocenters. The van der Waals surface area contributed by atoms with Crippen molar-refractivity contribution in [3.8, 4) is 5.75 Å². The number of amides is 3. The SMILES string of the molecule is CCCN1C[C@H](C)[C@H](OC)CN(C)C(=O)c2ccc(NC(=O)Nc3c(C)noc3C)cc2OC[C@@H]1C. The fraction of sp³-hybridized carbons (Fsp3) is 0.577. The molecule has 0 spiro atoms. The number of rotatable bonds is 5. The lowest BCUT2D eigenvalue weighted by atomic mass is 10.0. The number of carbonyl (C=O) groups excluding carboxylic acids is 2. The summed E-state index contributed by atoms with van der Waals surface area (Å²) in [6.45, 7) is 12.6. The summed E-state index contributed by atoms with van der Waals surface area (Å²) in [6.07, 6.45) is 0.932. The third kappa shape index (κ3) is 6.55. The number of methoxy groups -OCH3 is 1. The lowest BCUT2D eigenvalue weighted by molar-refractivity contribution is 0.0108. The molecule has 1 aliphatic rings. The first-order valence-electron chi connectivity index (χ1n) is 12.4. The van der Waals surface area contributed by atoms with Crippen molar-refractivity contribution in [2.45, 2.75) is 53.2 Å². The van der Waals surface area contributed by atoms with E-state index in [1.54, 1.807) is 51.1 Å². The largest absolute Gasteiger partial charge is 0.491 e. The number of aryl methyl sites for hydroxylation is 2. The van der Waals surface area contributed by atoms with Crippen molar-refractivity contribution in [1.82, 2.24) is 15.0 Å². The molecular formula is C26H39N5O5. The number of urea groups is 1. The van der Waals surface area contributed by atoms with Crippen LogP contribution in [0.15, 0.2) is 22.7 Å². The highest BCUT2D eigenvalue weighted by Crippen LogP contribution is 2.27. The molecule has 1 aromatic carbocycles. The van der Waals surface area contributed by atoms with Crippen molar-refractivity contribution in [2.24, 2.45) is 5.92 Å². The molecule has 2 N–H and O–H groups in total. The molecule has 0 aliphatic carbocycles. The number of aromatic nitrogens is 1. The van der Waals surface area contributed by atoms with Crippen LogP contribution in [0.2, 0.25) is 0 Å². The Bertz CT molecular complexity index is 1040. The summed E-state index contributed by atoms with van der Waals surface area (Å²) in [4.78, 5) is 30.0. The smallest absolute Gasteiger partial charge is 0.323 e. The summed E-state index contributed by atoms with van der Waals surface area (Å²) in [5.74, 6) is 1.02. The van der Waals surface area contributed by atoms with Crippen LogP contribution < -0.4 is 15.4 Å². The van der Waals surface area contributed by atoms with E-state index in [1.165, 1.54) is 0 Å². The summed E-state index contributed by atoms with van der Waals surface area (Å²) in [6, 6.07) is 4.75. The Labute approximate surface area is 213 Å². The van der Waals surface area contributed by atoms with Crippen LogP contribution in [0.4, 0.5) is 16.2 Å². The first kappa shape index (κ1) is 27.5. The minimum atomic E-state index is -0.444. The second-order valence-corrected chi connectivity index (χ2v) is 9.58. The Kier molecular flexibility index (Phi) is 9.33. The van der Waals surface area contributed by atoms with Crippen LogP contribution >= 0.6 is 0 Å². The number of fused-ring (bicyclic) bond motifs is 1. The minimum Gasteiger partial charge on any atom is -0.491 e. The topological polar surface area (TPSA) is 109 Å². The maximum atomic E-state index is 13.4. The number of anilines is 2. The van der Waals surface area contributed by atoms with E-state index in [1.807, 2.05) is 0 Å². The molecule has 0 bridgehead atoms. The van der Waals surface area contributed by atoms with Crippen LogP contribution in [-0.4, -0.2) is 79.4 Å². The maximum absolute atomic E-state index is 13.4. The van der Waals surface area contributed by atoms with E-state index in [-0.39, 0.29) is 24.0 Å². The van der Waals surface area contributed by atoms with E-state index in [9.17, 15) is 9.59 Å². The molecule has 0 radical (unpaired) electrons. The number of hydrogen-bond donors (Lipinski definition) is 2. The molecule has 0 unspecified atom stereocenters. The number of ether oxygens (including phenoxy) is 2. The van der Waals surface area contributed by atoms with Crippen molar-refractivity contribution < 1.29 is 23.6 Å². The van der Waals surface area contributed by atoms with E-state index in [0.29, 0.717) is 47.3 Å². The summed E-state index contributed by atoms with van der Waals surface area (Å²) in [5.41, 5.74) is 2.05. The predicted molar refractivity (Wildman–Crippen MR) is 139 cm³/mol. The van der Waals surface area contributed by atoms with Gasteiger partial charge in [-0.1, -0.05) is 19.0 Å². The summed E-state index contributed by atoms with van der Waals surface area (Å²) < 4.78 is 17.1. The average Bonchev–Trinajstić information content (AvgIpc) is 3.16. The van der Waals surface area contributed by atoms with Crippen LogP contribution in [0.3, 0.4) is 0 Å². The molecule has 198 valence electrons.